The summed E-state index contributed by atoms with van der Waals surface area (Å²) in [6, 6.07) is 15.4. The number of nitrogens with zero attached hydrogens (tertiary/aromatic N) is 3. The van der Waals surface area contributed by atoms with Crippen molar-refractivity contribution in [2.75, 3.05) is 0 Å². The van der Waals surface area contributed by atoms with Crippen LogP contribution in [0.15, 0.2) is 58.1 Å². The van der Waals surface area contributed by atoms with Gasteiger partial charge in [0, 0.05) is 23.2 Å². The lowest BCUT2D eigenvalue weighted by Crippen LogP contribution is -2.13. The lowest BCUT2D eigenvalue weighted by atomic mass is 10.0. The summed E-state index contributed by atoms with van der Waals surface area (Å²) in [5, 5.41) is 3.60. The zero-order valence-electron chi connectivity index (χ0n) is 13.8. The van der Waals surface area contributed by atoms with Crippen LogP contribution in [-0.4, -0.2) is 18.9 Å². The number of pyridine rings is 1. The van der Waals surface area contributed by atoms with Gasteiger partial charge in [0.15, 0.2) is 0 Å². The number of rotatable bonds is 0. The Kier molecular flexibility index (Phi) is 2.24. The van der Waals surface area contributed by atoms with Crippen molar-refractivity contribution < 1.29 is 0 Å². The third kappa shape index (κ3) is 1.45. The van der Waals surface area contributed by atoms with E-state index in [1.54, 1.807) is 11.4 Å². The van der Waals surface area contributed by atoms with E-state index in [2.05, 4.69) is 4.98 Å². The molecule has 3 aromatic carbocycles. The smallest absolute Gasteiger partial charge is 0.305 e. The summed E-state index contributed by atoms with van der Waals surface area (Å²) in [7, 11) is 1.71. The first kappa shape index (κ1) is 13.6. The Labute approximate surface area is 145 Å². The highest BCUT2D eigenvalue weighted by Gasteiger charge is 2.17. The van der Waals surface area contributed by atoms with Gasteiger partial charge in [-0.15, -0.1) is 0 Å². The molecule has 0 spiro atoms. The second kappa shape index (κ2) is 4.29. The number of aromatic amines is 1. The van der Waals surface area contributed by atoms with Gasteiger partial charge in [0.25, 0.3) is 5.56 Å². The summed E-state index contributed by atoms with van der Waals surface area (Å²) in [6.45, 7) is 0. The third-order valence-electron chi connectivity index (χ3n) is 5.26. The first-order valence-electron chi connectivity index (χ1n) is 8.31. The van der Waals surface area contributed by atoms with E-state index in [4.69, 9.17) is 4.98 Å². The number of hydrogen-bond donors (Lipinski definition) is 1. The molecule has 26 heavy (non-hydrogen) atoms. The highest BCUT2D eigenvalue weighted by Crippen LogP contribution is 2.30. The number of fused-ring (bicyclic) bond motifs is 5. The van der Waals surface area contributed by atoms with Crippen molar-refractivity contribution >= 4 is 49.3 Å². The molecular weight excluding hydrogens is 328 g/mol. The Morgan fingerprint density at radius 1 is 0.962 bits per heavy atom. The number of imidazole rings is 2. The minimum absolute atomic E-state index is 0.0910. The molecule has 0 radical (unpaired) electrons. The molecule has 0 bridgehead atoms. The summed E-state index contributed by atoms with van der Waals surface area (Å²) >= 11 is 0. The molecule has 3 heterocycles. The molecule has 6 aromatic rings. The van der Waals surface area contributed by atoms with Gasteiger partial charge in [-0.25, -0.2) is 9.78 Å². The summed E-state index contributed by atoms with van der Waals surface area (Å²) in [6.07, 6.45) is 0. The number of aryl methyl sites for hydroxylation is 1. The zero-order chi connectivity index (χ0) is 17.6. The molecule has 124 valence electrons. The maximum absolute atomic E-state index is 13.2. The van der Waals surface area contributed by atoms with Gasteiger partial charge in [-0.3, -0.25) is 13.8 Å². The van der Waals surface area contributed by atoms with Crippen molar-refractivity contribution in [3.05, 3.63) is 69.4 Å². The van der Waals surface area contributed by atoms with Crippen LogP contribution in [0.25, 0.3) is 49.3 Å². The van der Waals surface area contributed by atoms with Gasteiger partial charge < -0.3 is 4.98 Å². The molecule has 6 rings (SSSR count). The monoisotopic (exact) mass is 340 g/mol. The van der Waals surface area contributed by atoms with E-state index in [1.165, 1.54) is 4.57 Å². The largest absolute Gasteiger partial charge is 0.326 e. The Hall–Kier alpha value is -3.67. The highest BCUT2D eigenvalue weighted by molar-refractivity contribution is 6.15. The fraction of sp³-hybridized carbons (Fsp3) is 0.0500. The van der Waals surface area contributed by atoms with Crippen LogP contribution >= 0.6 is 0 Å². The number of benzene rings is 3. The van der Waals surface area contributed by atoms with Crippen LogP contribution in [0, 0.1) is 0 Å². The third-order valence-corrected chi connectivity index (χ3v) is 5.26. The molecule has 0 saturated carbocycles. The fourth-order valence-electron chi connectivity index (χ4n) is 4.01. The van der Waals surface area contributed by atoms with Crippen LogP contribution in [0.1, 0.15) is 0 Å². The van der Waals surface area contributed by atoms with Crippen LogP contribution in [-0.2, 0) is 7.05 Å². The van der Waals surface area contributed by atoms with E-state index in [-0.39, 0.29) is 11.2 Å². The van der Waals surface area contributed by atoms with E-state index < -0.39 is 0 Å². The van der Waals surface area contributed by atoms with E-state index in [0.717, 1.165) is 21.7 Å². The van der Waals surface area contributed by atoms with E-state index in [1.807, 2.05) is 48.5 Å². The molecule has 0 unspecified atom stereocenters. The quantitative estimate of drug-likeness (QED) is 0.462. The van der Waals surface area contributed by atoms with Gasteiger partial charge >= 0.3 is 5.69 Å². The van der Waals surface area contributed by atoms with Gasteiger partial charge in [0.1, 0.15) is 5.65 Å². The molecule has 3 aromatic heterocycles. The van der Waals surface area contributed by atoms with E-state index in [9.17, 15) is 9.59 Å². The summed E-state index contributed by atoms with van der Waals surface area (Å²) in [5.41, 5.74) is 3.22. The first-order chi connectivity index (χ1) is 12.6. The number of H-pyrrole nitrogens is 1. The molecule has 0 aliphatic rings. The Bertz CT molecular complexity index is 1630. The second-order valence-corrected chi connectivity index (χ2v) is 6.63. The number of hydrogen-bond acceptors (Lipinski definition) is 3. The average Bonchev–Trinajstić information content (AvgIpc) is 3.15. The summed E-state index contributed by atoms with van der Waals surface area (Å²) < 4.78 is 3.19. The molecule has 0 fully saturated rings. The van der Waals surface area contributed by atoms with Crippen molar-refractivity contribution in [1.82, 2.24) is 18.9 Å². The van der Waals surface area contributed by atoms with Crippen molar-refractivity contribution in [1.29, 1.82) is 0 Å². The van der Waals surface area contributed by atoms with Gasteiger partial charge in [-0.1, -0.05) is 30.3 Å². The Morgan fingerprint density at radius 2 is 1.73 bits per heavy atom. The Morgan fingerprint density at radius 3 is 2.54 bits per heavy atom. The number of aromatic nitrogens is 4. The molecule has 0 aliphatic carbocycles. The standard InChI is InChI=1S/C20H12N4O2/c1-23-15-9-16-14(8-13(15)22-20(23)26)21-18-11-6-2-4-10-5-3-7-12(17(10)11)19(25)24(16)18/h2-9H,1H3,(H,22,26). The van der Waals surface area contributed by atoms with Crippen molar-refractivity contribution in [3.63, 3.8) is 0 Å². The average molecular weight is 340 g/mol. The zero-order valence-corrected chi connectivity index (χ0v) is 13.8. The SMILES string of the molecule is Cn1c(=O)[nH]c2cc3nc4c5cccc6cccc(c(=O)n4c3cc21)c65. The summed E-state index contributed by atoms with van der Waals surface area (Å²) in [4.78, 5) is 32.7. The minimum atomic E-state index is -0.187. The minimum Gasteiger partial charge on any atom is -0.305 e. The Balaban J connectivity index is 1.98. The molecule has 0 aliphatic heterocycles. The predicted octanol–water partition coefficient (Wildman–Crippen LogP) is 2.77. The molecule has 6 heteroatoms. The normalized spacial score (nSPS) is 12.3. The highest BCUT2D eigenvalue weighted by atomic mass is 16.1. The number of nitrogens with one attached hydrogen (secondary N) is 1. The van der Waals surface area contributed by atoms with Crippen molar-refractivity contribution in [2.45, 2.75) is 0 Å². The molecular formula is C20H12N4O2. The van der Waals surface area contributed by atoms with Gasteiger partial charge in [0.05, 0.1) is 22.1 Å². The van der Waals surface area contributed by atoms with Crippen LogP contribution in [0.3, 0.4) is 0 Å². The molecule has 0 atom stereocenters. The van der Waals surface area contributed by atoms with E-state index in [0.29, 0.717) is 27.6 Å². The van der Waals surface area contributed by atoms with Gasteiger partial charge in [0.2, 0.25) is 0 Å². The molecule has 0 amide bonds. The van der Waals surface area contributed by atoms with Gasteiger partial charge in [-0.2, -0.15) is 0 Å². The van der Waals surface area contributed by atoms with Crippen LogP contribution < -0.4 is 11.2 Å². The summed E-state index contributed by atoms with van der Waals surface area (Å²) in [5.74, 6) is 0. The topological polar surface area (TPSA) is 72.2 Å². The maximum atomic E-state index is 13.2. The van der Waals surface area contributed by atoms with Crippen molar-refractivity contribution in [2.24, 2.45) is 7.05 Å². The predicted molar refractivity (Wildman–Crippen MR) is 102 cm³/mol. The van der Waals surface area contributed by atoms with Crippen molar-refractivity contribution in [3.8, 4) is 0 Å². The van der Waals surface area contributed by atoms with Gasteiger partial charge in [-0.05, 0) is 23.6 Å². The molecule has 0 saturated heterocycles. The molecule has 6 nitrogen and oxygen atoms in total. The van der Waals surface area contributed by atoms with E-state index >= 15 is 0 Å². The van der Waals surface area contributed by atoms with Crippen LogP contribution in [0.4, 0.5) is 0 Å². The lowest BCUT2D eigenvalue weighted by Gasteiger charge is -2.06. The molecule has 1 N–H and O–H groups in total. The fourth-order valence-corrected chi connectivity index (χ4v) is 4.01. The van der Waals surface area contributed by atoms with Crippen LogP contribution in [0.5, 0.6) is 0 Å². The maximum Gasteiger partial charge on any atom is 0.326 e. The van der Waals surface area contributed by atoms with Crippen LogP contribution in [0.2, 0.25) is 0 Å². The second-order valence-electron chi connectivity index (χ2n) is 6.63. The first-order valence-corrected chi connectivity index (χ1v) is 8.31. The lowest BCUT2D eigenvalue weighted by molar-refractivity contribution is 0.892.